The molecule has 4 saturated carbocycles. The predicted molar refractivity (Wildman–Crippen MR) is 141 cm³/mol. The van der Waals surface area contributed by atoms with E-state index < -0.39 is 33.0 Å². The fourth-order valence-electron chi connectivity index (χ4n) is 9.77. The lowest BCUT2D eigenvalue weighted by atomic mass is 9.44. The van der Waals surface area contributed by atoms with Crippen LogP contribution in [0.5, 0.6) is 0 Å². The third-order valence-corrected chi connectivity index (χ3v) is 12.3. The Hall–Kier alpha value is -0.260. The minimum absolute atomic E-state index is 0.137. The van der Waals surface area contributed by atoms with Crippen LogP contribution in [0, 0.1) is 52.3 Å². The van der Waals surface area contributed by atoms with Gasteiger partial charge in [0, 0.05) is 0 Å². The Labute approximate surface area is 224 Å². The average Bonchev–Trinajstić information content (AvgIpc) is 3.09. The molecule has 0 aromatic heterocycles. The molecule has 0 aliphatic heterocycles. The van der Waals surface area contributed by atoms with Gasteiger partial charge >= 0.3 is 20.8 Å². The zero-order chi connectivity index (χ0) is 27.4. The summed E-state index contributed by atoms with van der Waals surface area (Å²) in [5, 5.41) is 0. The first-order valence-corrected chi connectivity index (χ1v) is 17.1. The van der Waals surface area contributed by atoms with E-state index in [2.05, 4.69) is 34.6 Å². The van der Waals surface area contributed by atoms with E-state index in [0.29, 0.717) is 23.2 Å². The summed E-state index contributed by atoms with van der Waals surface area (Å²) in [5.74, 6) is 3.94. The van der Waals surface area contributed by atoms with Crippen molar-refractivity contribution in [3.8, 4) is 0 Å². The Balaban J connectivity index is 1.53. The van der Waals surface area contributed by atoms with Crippen molar-refractivity contribution in [2.75, 3.05) is 0 Å². The van der Waals surface area contributed by atoms with Crippen molar-refractivity contribution in [2.45, 2.75) is 117 Å². The van der Waals surface area contributed by atoms with Crippen molar-refractivity contribution in [1.82, 2.24) is 0 Å². The van der Waals surface area contributed by atoms with Gasteiger partial charge in [-0.25, -0.2) is 8.37 Å². The standard InChI is InChI=1S/C27H48O8S2/c1-17(2)7-6-8-18(3)21-11-12-22-20-10-9-19-15-24(34-36(28,29)30)25(35-37(31,32)33)16-27(19,5)23(20)13-14-26(21,22)4/h17-25H,6-16H2,1-5H3,(H,28,29,30)(H,31,32,33)/t18?,19-,20?,21+,22?,23?,24-,25-,26+,27-/m0/s1. The van der Waals surface area contributed by atoms with Crippen LogP contribution in [0.25, 0.3) is 0 Å². The first-order valence-electron chi connectivity index (χ1n) is 14.3. The molecular formula is C27H48O8S2. The molecule has 0 radical (unpaired) electrons. The number of fused-ring (bicyclic) bond motifs is 5. The van der Waals surface area contributed by atoms with Crippen molar-refractivity contribution < 1.29 is 34.3 Å². The smallest absolute Gasteiger partial charge is 0.264 e. The third-order valence-electron chi connectivity index (χ3n) is 11.3. The van der Waals surface area contributed by atoms with Crippen molar-refractivity contribution >= 4 is 20.8 Å². The summed E-state index contributed by atoms with van der Waals surface area (Å²) in [5.41, 5.74) is 0.0802. The quantitative estimate of drug-likeness (QED) is 0.322. The SMILES string of the molecule is CC(C)CCCC(C)[C@H]1CCC2C3CC[C@H]4C[C@H](OS(=O)(=O)O)[C@@H](OS(=O)(=O)O)C[C@]4(C)C3CC[C@@]21C. The average molecular weight is 565 g/mol. The minimum Gasteiger partial charge on any atom is -0.264 e. The zero-order valence-electron chi connectivity index (χ0n) is 23.1. The Morgan fingerprint density at radius 3 is 2.05 bits per heavy atom. The largest absolute Gasteiger partial charge is 0.397 e. The fraction of sp³-hybridized carbons (Fsp3) is 1.00. The fourth-order valence-corrected chi connectivity index (χ4v) is 10.8. The third kappa shape index (κ3) is 6.24. The highest BCUT2D eigenvalue weighted by molar-refractivity contribution is 7.81. The Morgan fingerprint density at radius 1 is 0.811 bits per heavy atom. The van der Waals surface area contributed by atoms with Gasteiger partial charge in [-0.05, 0) is 104 Å². The second kappa shape index (κ2) is 10.6. The van der Waals surface area contributed by atoms with Gasteiger partial charge in [0.15, 0.2) is 0 Å². The van der Waals surface area contributed by atoms with Crippen LogP contribution in [0.3, 0.4) is 0 Å². The van der Waals surface area contributed by atoms with Crippen LogP contribution >= 0.6 is 0 Å². The van der Waals surface area contributed by atoms with Crippen LogP contribution in [-0.2, 0) is 29.2 Å². The van der Waals surface area contributed by atoms with Crippen LogP contribution in [0.4, 0.5) is 0 Å². The lowest BCUT2D eigenvalue weighted by molar-refractivity contribution is -0.152. The van der Waals surface area contributed by atoms with Gasteiger partial charge in [0.25, 0.3) is 0 Å². The molecule has 0 heterocycles. The molecule has 216 valence electrons. The van der Waals surface area contributed by atoms with Crippen LogP contribution in [0.1, 0.15) is 105 Å². The monoisotopic (exact) mass is 564 g/mol. The van der Waals surface area contributed by atoms with E-state index in [1.165, 1.54) is 32.1 Å². The predicted octanol–water partition coefficient (Wildman–Crippen LogP) is 6.09. The molecule has 0 amide bonds. The first-order chi connectivity index (χ1) is 17.0. The van der Waals surface area contributed by atoms with Crippen LogP contribution in [0.15, 0.2) is 0 Å². The highest BCUT2D eigenvalue weighted by atomic mass is 32.3. The van der Waals surface area contributed by atoms with E-state index in [4.69, 9.17) is 8.37 Å². The molecule has 0 aromatic rings. The summed E-state index contributed by atoms with van der Waals surface area (Å²) >= 11 is 0. The normalized spacial score (nSPS) is 43.2. The highest BCUT2D eigenvalue weighted by Crippen LogP contribution is 2.68. The lowest BCUT2D eigenvalue weighted by Gasteiger charge is -2.62. The molecule has 10 heteroatoms. The van der Waals surface area contributed by atoms with Gasteiger partial charge in [0.2, 0.25) is 0 Å². The molecule has 4 unspecified atom stereocenters. The maximum Gasteiger partial charge on any atom is 0.397 e. The van der Waals surface area contributed by atoms with Gasteiger partial charge in [-0.1, -0.05) is 53.9 Å². The van der Waals surface area contributed by atoms with Gasteiger partial charge in [-0.15, -0.1) is 0 Å². The number of rotatable bonds is 9. The topological polar surface area (TPSA) is 127 Å². The summed E-state index contributed by atoms with van der Waals surface area (Å²) in [4.78, 5) is 0. The molecule has 4 aliphatic rings. The van der Waals surface area contributed by atoms with E-state index in [1.807, 2.05) is 0 Å². The van der Waals surface area contributed by atoms with E-state index in [9.17, 15) is 25.9 Å². The molecule has 10 atom stereocenters. The molecule has 8 nitrogen and oxygen atoms in total. The molecule has 37 heavy (non-hydrogen) atoms. The molecule has 0 saturated heterocycles. The summed E-state index contributed by atoms with van der Waals surface area (Å²) in [6.45, 7) is 11.8. The maximum absolute atomic E-state index is 11.6. The molecule has 0 bridgehead atoms. The van der Waals surface area contributed by atoms with Crippen molar-refractivity contribution in [3.63, 3.8) is 0 Å². The molecule has 2 N–H and O–H groups in total. The Morgan fingerprint density at radius 2 is 1.43 bits per heavy atom. The number of hydrogen-bond donors (Lipinski definition) is 2. The van der Waals surface area contributed by atoms with Crippen molar-refractivity contribution in [1.29, 1.82) is 0 Å². The van der Waals surface area contributed by atoms with Gasteiger partial charge < -0.3 is 0 Å². The molecule has 4 fully saturated rings. The van der Waals surface area contributed by atoms with Crippen LogP contribution in [-0.4, -0.2) is 38.1 Å². The van der Waals surface area contributed by atoms with Crippen LogP contribution in [0.2, 0.25) is 0 Å². The summed E-state index contributed by atoms with van der Waals surface area (Å²) < 4.78 is 74.8. The first kappa shape index (κ1) is 29.7. The zero-order valence-corrected chi connectivity index (χ0v) is 24.8. The van der Waals surface area contributed by atoms with Gasteiger partial charge in [-0.2, -0.15) is 16.8 Å². The summed E-state index contributed by atoms with van der Waals surface area (Å²) in [6, 6.07) is 0. The highest BCUT2D eigenvalue weighted by Gasteiger charge is 2.62. The maximum atomic E-state index is 11.6. The van der Waals surface area contributed by atoms with E-state index in [0.717, 1.165) is 43.4 Å². The second-order valence-electron chi connectivity index (χ2n) is 13.8. The molecular weight excluding hydrogens is 516 g/mol. The Kier molecular flexibility index (Phi) is 8.53. The van der Waals surface area contributed by atoms with Crippen molar-refractivity contribution in [3.05, 3.63) is 0 Å². The molecule has 0 spiro atoms. The lowest BCUT2D eigenvalue weighted by Crippen LogP contribution is -2.57. The van der Waals surface area contributed by atoms with Gasteiger partial charge in [0.1, 0.15) is 12.2 Å². The molecule has 0 aromatic carbocycles. The Bertz CT molecular complexity index is 1030. The second-order valence-corrected chi connectivity index (χ2v) is 15.8. The van der Waals surface area contributed by atoms with Crippen molar-refractivity contribution in [2.24, 2.45) is 52.3 Å². The summed E-state index contributed by atoms with van der Waals surface area (Å²) in [7, 11) is -9.61. The van der Waals surface area contributed by atoms with Crippen LogP contribution < -0.4 is 0 Å². The van der Waals surface area contributed by atoms with E-state index in [-0.39, 0.29) is 24.2 Å². The minimum atomic E-state index is -4.82. The van der Waals surface area contributed by atoms with Gasteiger partial charge in [-0.3, -0.25) is 9.11 Å². The van der Waals surface area contributed by atoms with Gasteiger partial charge in [0.05, 0.1) is 0 Å². The molecule has 4 aliphatic carbocycles. The summed E-state index contributed by atoms with van der Waals surface area (Å²) in [6.07, 6.45) is 8.88. The number of hydrogen-bond acceptors (Lipinski definition) is 6. The molecule has 4 rings (SSSR count). The van der Waals surface area contributed by atoms with E-state index >= 15 is 0 Å². The van der Waals surface area contributed by atoms with E-state index in [1.54, 1.807) is 0 Å².